The van der Waals surface area contributed by atoms with Gasteiger partial charge in [0, 0.05) is 5.92 Å². The highest BCUT2D eigenvalue weighted by Crippen LogP contribution is 2.42. The molecule has 2 aliphatic rings. The molecule has 0 aliphatic heterocycles. The van der Waals surface area contributed by atoms with Gasteiger partial charge in [0.05, 0.1) is 5.54 Å². The summed E-state index contributed by atoms with van der Waals surface area (Å²) in [7, 11) is 0. The third-order valence-corrected chi connectivity index (χ3v) is 4.35. The van der Waals surface area contributed by atoms with E-state index in [2.05, 4.69) is 17.1 Å². The number of hydrogen-bond acceptors (Lipinski definition) is 4. The SMILES string of the molecule is CC(c1nc(C2(N)CCCCC2)no1)C1CC1. The molecule has 1 aromatic rings. The minimum Gasteiger partial charge on any atom is -0.339 e. The van der Waals surface area contributed by atoms with Crippen molar-refractivity contribution < 1.29 is 4.52 Å². The van der Waals surface area contributed by atoms with Crippen LogP contribution in [-0.4, -0.2) is 10.1 Å². The van der Waals surface area contributed by atoms with Crippen LogP contribution in [0, 0.1) is 5.92 Å². The largest absolute Gasteiger partial charge is 0.339 e. The van der Waals surface area contributed by atoms with Crippen LogP contribution < -0.4 is 5.73 Å². The molecule has 0 amide bonds. The van der Waals surface area contributed by atoms with Crippen molar-refractivity contribution in [1.29, 1.82) is 0 Å². The fourth-order valence-electron chi connectivity index (χ4n) is 2.83. The van der Waals surface area contributed by atoms with Crippen molar-refractivity contribution in [2.75, 3.05) is 0 Å². The van der Waals surface area contributed by atoms with E-state index in [-0.39, 0.29) is 5.54 Å². The standard InChI is InChI=1S/C13H21N3O/c1-9(10-5-6-10)11-15-12(16-17-11)13(14)7-3-2-4-8-13/h9-10H,2-8,14H2,1H3. The van der Waals surface area contributed by atoms with E-state index >= 15 is 0 Å². The second-order valence-electron chi connectivity index (χ2n) is 5.80. The van der Waals surface area contributed by atoms with Gasteiger partial charge in [-0.05, 0) is 31.6 Å². The van der Waals surface area contributed by atoms with Crippen LogP contribution in [0.4, 0.5) is 0 Å². The fourth-order valence-corrected chi connectivity index (χ4v) is 2.83. The Morgan fingerprint density at radius 1 is 1.29 bits per heavy atom. The Hall–Kier alpha value is -0.900. The van der Waals surface area contributed by atoms with Gasteiger partial charge in [0.25, 0.3) is 0 Å². The minimum atomic E-state index is -0.330. The quantitative estimate of drug-likeness (QED) is 0.874. The van der Waals surface area contributed by atoms with Crippen LogP contribution in [0.5, 0.6) is 0 Å². The molecule has 2 saturated carbocycles. The molecule has 94 valence electrons. The molecule has 0 radical (unpaired) electrons. The normalized spacial score (nSPS) is 25.8. The lowest BCUT2D eigenvalue weighted by Gasteiger charge is -2.29. The van der Waals surface area contributed by atoms with Crippen LogP contribution in [0.3, 0.4) is 0 Å². The summed E-state index contributed by atoms with van der Waals surface area (Å²) in [6.45, 7) is 2.18. The first kappa shape index (κ1) is 11.2. The van der Waals surface area contributed by atoms with E-state index in [1.807, 2.05) is 0 Å². The van der Waals surface area contributed by atoms with Crippen molar-refractivity contribution in [3.63, 3.8) is 0 Å². The van der Waals surface area contributed by atoms with E-state index in [4.69, 9.17) is 10.3 Å². The third kappa shape index (κ3) is 2.10. The van der Waals surface area contributed by atoms with Gasteiger partial charge in [-0.3, -0.25) is 0 Å². The van der Waals surface area contributed by atoms with Crippen molar-refractivity contribution in [3.05, 3.63) is 11.7 Å². The number of aromatic nitrogens is 2. The van der Waals surface area contributed by atoms with E-state index in [1.165, 1.54) is 32.1 Å². The maximum absolute atomic E-state index is 6.40. The van der Waals surface area contributed by atoms with Crippen LogP contribution in [0.15, 0.2) is 4.52 Å². The average Bonchev–Trinajstić information content (AvgIpc) is 3.06. The number of hydrogen-bond donors (Lipinski definition) is 1. The monoisotopic (exact) mass is 235 g/mol. The molecular formula is C13H21N3O. The Morgan fingerprint density at radius 2 is 2.00 bits per heavy atom. The molecule has 4 nitrogen and oxygen atoms in total. The smallest absolute Gasteiger partial charge is 0.229 e. The topological polar surface area (TPSA) is 64.9 Å². The van der Waals surface area contributed by atoms with Crippen molar-refractivity contribution in [3.8, 4) is 0 Å². The number of rotatable bonds is 3. The zero-order valence-corrected chi connectivity index (χ0v) is 10.5. The van der Waals surface area contributed by atoms with Gasteiger partial charge in [-0.1, -0.05) is 31.3 Å². The molecule has 1 unspecified atom stereocenters. The predicted octanol–water partition coefficient (Wildman–Crippen LogP) is 2.70. The van der Waals surface area contributed by atoms with E-state index in [1.54, 1.807) is 0 Å². The fraction of sp³-hybridized carbons (Fsp3) is 0.846. The van der Waals surface area contributed by atoms with E-state index in [9.17, 15) is 0 Å². The van der Waals surface area contributed by atoms with E-state index in [0.29, 0.717) is 5.92 Å². The van der Waals surface area contributed by atoms with Gasteiger partial charge in [0.2, 0.25) is 5.89 Å². The predicted molar refractivity (Wildman–Crippen MR) is 64.4 cm³/mol. The molecule has 0 aromatic carbocycles. The zero-order valence-electron chi connectivity index (χ0n) is 10.5. The molecule has 17 heavy (non-hydrogen) atoms. The summed E-state index contributed by atoms with van der Waals surface area (Å²) in [5.41, 5.74) is 6.07. The summed E-state index contributed by atoms with van der Waals surface area (Å²) in [6.07, 6.45) is 8.21. The van der Waals surface area contributed by atoms with Crippen molar-refractivity contribution in [2.24, 2.45) is 11.7 Å². The lowest BCUT2D eigenvalue weighted by atomic mass is 9.82. The summed E-state index contributed by atoms with van der Waals surface area (Å²) < 4.78 is 5.41. The molecule has 4 heteroatoms. The zero-order chi connectivity index (χ0) is 11.9. The van der Waals surface area contributed by atoms with Gasteiger partial charge in [-0.25, -0.2) is 0 Å². The average molecular weight is 235 g/mol. The molecule has 1 atom stereocenters. The van der Waals surface area contributed by atoms with Crippen molar-refractivity contribution in [1.82, 2.24) is 10.1 Å². The van der Waals surface area contributed by atoms with E-state index in [0.717, 1.165) is 30.5 Å². The summed E-state index contributed by atoms with van der Waals surface area (Å²) in [4.78, 5) is 4.56. The summed E-state index contributed by atoms with van der Waals surface area (Å²) in [6, 6.07) is 0. The lowest BCUT2D eigenvalue weighted by molar-refractivity contribution is 0.271. The first-order valence-electron chi connectivity index (χ1n) is 6.82. The second kappa shape index (κ2) is 4.09. The summed E-state index contributed by atoms with van der Waals surface area (Å²) >= 11 is 0. The number of nitrogens with zero attached hydrogens (tertiary/aromatic N) is 2. The van der Waals surface area contributed by atoms with Gasteiger partial charge in [0.15, 0.2) is 5.82 Å². The van der Waals surface area contributed by atoms with Crippen LogP contribution in [-0.2, 0) is 5.54 Å². The van der Waals surface area contributed by atoms with Crippen molar-refractivity contribution >= 4 is 0 Å². The molecule has 1 aromatic heterocycles. The van der Waals surface area contributed by atoms with Gasteiger partial charge in [0.1, 0.15) is 0 Å². The molecule has 0 saturated heterocycles. The molecule has 1 heterocycles. The van der Waals surface area contributed by atoms with Gasteiger partial charge >= 0.3 is 0 Å². The first-order chi connectivity index (χ1) is 8.19. The molecule has 2 aliphatic carbocycles. The van der Waals surface area contributed by atoms with Crippen LogP contribution in [0.1, 0.15) is 69.5 Å². The maximum atomic E-state index is 6.40. The lowest BCUT2D eigenvalue weighted by Crippen LogP contribution is -2.39. The highest BCUT2D eigenvalue weighted by Gasteiger charge is 2.37. The Bertz CT molecular complexity index is 391. The highest BCUT2D eigenvalue weighted by atomic mass is 16.5. The van der Waals surface area contributed by atoms with E-state index < -0.39 is 0 Å². The molecule has 2 fully saturated rings. The van der Waals surface area contributed by atoms with Crippen LogP contribution in [0.2, 0.25) is 0 Å². The number of nitrogens with two attached hydrogens (primary N) is 1. The Labute approximate surface area is 102 Å². The molecule has 3 rings (SSSR count). The molecule has 2 N–H and O–H groups in total. The Kier molecular flexibility index (Phi) is 2.69. The molecule has 0 bridgehead atoms. The Morgan fingerprint density at radius 3 is 2.65 bits per heavy atom. The van der Waals surface area contributed by atoms with Gasteiger partial charge in [-0.2, -0.15) is 4.98 Å². The maximum Gasteiger partial charge on any atom is 0.229 e. The summed E-state index contributed by atoms with van der Waals surface area (Å²) in [5.74, 6) is 2.68. The molecular weight excluding hydrogens is 214 g/mol. The van der Waals surface area contributed by atoms with Crippen LogP contribution in [0.25, 0.3) is 0 Å². The highest BCUT2D eigenvalue weighted by molar-refractivity contribution is 5.08. The molecule has 0 spiro atoms. The third-order valence-electron chi connectivity index (χ3n) is 4.35. The van der Waals surface area contributed by atoms with Crippen LogP contribution >= 0.6 is 0 Å². The van der Waals surface area contributed by atoms with Crippen molar-refractivity contribution in [2.45, 2.75) is 63.3 Å². The Balaban J connectivity index is 1.78. The van der Waals surface area contributed by atoms with Gasteiger partial charge in [-0.15, -0.1) is 0 Å². The summed E-state index contributed by atoms with van der Waals surface area (Å²) in [5, 5.41) is 4.13. The van der Waals surface area contributed by atoms with Gasteiger partial charge < -0.3 is 10.3 Å². The minimum absolute atomic E-state index is 0.330. The second-order valence-corrected chi connectivity index (χ2v) is 5.80. The first-order valence-corrected chi connectivity index (χ1v) is 6.82.